The number of benzene rings is 1. The molecule has 0 aromatic heterocycles. The summed E-state index contributed by atoms with van der Waals surface area (Å²) in [7, 11) is 0. The van der Waals surface area contributed by atoms with Gasteiger partial charge in [-0.05, 0) is 29.0 Å². The lowest BCUT2D eigenvalue weighted by Crippen LogP contribution is -1.92. The van der Waals surface area contributed by atoms with Gasteiger partial charge in [0.15, 0.2) is 0 Å². The lowest BCUT2D eigenvalue weighted by atomic mass is 9.96. The van der Waals surface area contributed by atoms with Crippen LogP contribution < -0.4 is 0 Å². The van der Waals surface area contributed by atoms with Crippen LogP contribution in [0, 0.1) is 0 Å². The summed E-state index contributed by atoms with van der Waals surface area (Å²) in [6.45, 7) is 10.5. The van der Waals surface area contributed by atoms with Gasteiger partial charge in [0, 0.05) is 0 Å². The van der Waals surface area contributed by atoms with Gasteiger partial charge in [-0.25, -0.2) is 0 Å². The van der Waals surface area contributed by atoms with Crippen LogP contribution in [0.2, 0.25) is 0 Å². The first-order valence-electron chi connectivity index (χ1n) is 4.94. The minimum atomic E-state index is 0.615. The average Bonchev–Trinajstić information content (AvgIpc) is 2.16. The summed E-state index contributed by atoms with van der Waals surface area (Å²) >= 11 is 0. The highest BCUT2D eigenvalue weighted by atomic mass is 14.1. The van der Waals surface area contributed by atoms with Crippen molar-refractivity contribution in [1.82, 2.24) is 0 Å². The molecule has 0 amide bonds. The molecule has 0 unspecified atom stereocenters. The summed E-state index contributed by atoms with van der Waals surface area (Å²) in [6.07, 6.45) is 3.02. The lowest BCUT2D eigenvalue weighted by molar-refractivity contribution is 0.862. The number of rotatable bonds is 3. The smallest absolute Gasteiger partial charge is 0.0219 e. The molecule has 1 aromatic carbocycles. The normalized spacial score (nSPS) is 10.5. The average molecular weight is 174 g/mol. The third-order valence-electron chi connectivity index (χ3n) is 2.43. The lowest BCUT2D eigenvalue weighted by Gasteiger charge is -2.09. The maximum absolute atomic E-state index is 3.81. The second-order valence-corrected chi connectivity index (χ2v) is 3.67. The molecule has 1 rings (SSSR count). The minimum Gasteiger partial charge on any atom is -0.0985 e. The van der Waals surface area contributed by atoms with Crippen molar-refractivity contribution >= 4 is 6.08 Å². The van der Waals surface area contributed by atoms with Crippen LogP contribution >= 0.6 is 0 Å². The molecular formula is C13H18. The first-order valence-corrected chi connectivity index (χ1v) is 4.94. The molecule has 13 heavy (non-hydrogen) atoms. The van der Waals surface area contributed by atoms with Gasteiger partial charge in [-0.2, -0.15) is 0 Å². The van der Waals surface area contributed by atoms with E-state index in [0.717, 1.165) is 6.42 Å². The van der Waals surface area contributed by atoms with E-state index in [4.69, 9.17) is 0 Å². The van der Waals surface area contributed by atoms with E-state index in [-0.39, 0.29) is 0 Å². The van der Waals surface area contributed by atoms with Gasteiger partial charge in [0.2, 0.25) is 0 Å². The Bertz CT molecular complexity index is 295. The molecule has 0 saturated carbocycles. The van der Waals surface area contributed by atoms with Crippen LogP contribution in [0.15, 0.2) is 24.8 Å². The van der Waals surface area contributed by atoms with E-state index in [9.17, 15) is 0 Å². The third kappa shape index (κ3) is 2.21. The summed E-state index contributed by atoms with van der Waals surface area (Å²) in [5.74, 6) is 0.615. The predicted molar refractivity (Wildman–Crippen MR) is 60.0 cm³/mol. The topological polar surface area (TPSA) is 0 Å². The van der Waals surface area contributed by atoms with Gasteiger partial charge in [-0.15, -0.1) is 0 Å². The van der Waals surface area contributed by atoms with Gasteiger partial charge < -0.3 is 0 Å². The molecule has 0 aliphatic rings. The van der Waals surface area contributed by atoms with Crippen molar-refractivity contribution in [3.05, 3.63) is 41.5 Å². The Kier molecular flexibility index (Phi) is 3.30. The van der Waals surface area contributed by atoms with Crippen LogP contribution in [0.4, 0.5) is 0 Å². The van der Waals surface area contributed by atoms with E-state index in [1.54, 1.807) is 0 Å². The van der Waals surface area contributed by atoms with E-state index in [1.807, 2.05) is 6.08 Å². The molecule has 0 saturated heterocycles. The molecule has 1 aromatic rings. The first kappa shape index (κ1) is 10.0. The maximum Gasteiger partial charge on any atom is -0.0219 e. The zero-order valence-corrected chi connectivity index (χ0v) is 8.80. The fourth-order valence-corrected chi connectivity index (χ4v) is 1.49. The van der Waals surface area contributed by atoms with Crippen LogP contribution in [-0.2, 0) is 6.42 Å². The molecule has 0 nitrogen and oxygen atoms in total. The Hall–Kier alpha value is -1.04. The highest BCUT2D eigenvalue weighted by molar-refractivity contribution is 5.53. The van der Waals surface area contributed by atoms with Gasteiger partial charge >= 0.3 is 0 Å². The number of hydrogen-bond donors (Lipinski definition) is 0. The molecule has 0 heteroatoms. The highest BCUT2D eigenvalue weighted by Gasteiger charge is 2.02. The third-order valence-corrected chi connectivity index (χ3v) is 2.43. The second-order valence-electron chi connectivity index (χ2n) is 3.67. The van der Waals surface area contributed by atoms with E-state index in [0.29, 0.717) is 5.92 Å². The fraction of sp³-hybridized carbons (Fsp3) is 0.385. The van der Waals surface area contributed by atoms with Crippen molar-refractivity contribution in [2.45, 2.75) is 33.1 Å². The van der Waals surface area contributed by atoms with Gasteiger partial charge in [-0.1, -0.05) is 51.6 Å². The summed E-state index contributed by atoms with van der Waals surface area (Å²) < 4.78 is 0. The quantitative estimate of drug-likeness (QED) is 0.649. The number of aryl methyl sites for hydroxylation is 1. The standard InChI is InChI=1S/C13H18/c1-5-11-7-8-13(10(3)4)9-12(11)6-2/h5,7-10H,1,6H2,2-4H3. The Morgan fingerprint density at radius 3 is 2.54 bits per heavy atom. The van der Waals surface area contributed by atoms with Crippen LogP contribution in [0.5, 0.6) is 0 Å². The minimum absolute atomic E-state index is 0.615. The summed E-state index contributed by atoms with van der Waals surface area (Å²) in [5.41, 5.74) is 4.09. The monoisotopic (exact) mass is 174 g/mol. The molecule has 0 fully saturated rings. The molecular weight excluding hydrogens is 156 g/mol. The van der Waals surface area contributed by atoms with Crippen LogP contribution in [-0.4, -0.2) is 0 Å². The predicted octanol–water partition coefficient (Wildman–Crippen LogP) is 4.02. The largest absolute Gasteiger partial charge is 0.0985 e. The molecule has 0 aliphatic heterocycles. The van der Waals surface area contributed by atoms with E-state index in [2.05, 4.69) is 45.5 Å². The molecule has 0 bridgehead atoms. The van der Waals surface area contributed by atoms with Crippen molar-refractivity contribution in [2.75, 3.05) is 0 Å². The highest BCUT2D eigenvalue weighted by Crippen LogP contribution is 2.19. The fourth-order valence-electron chi connectivity index (χ4n) is 1.49. The van der Waals surface area contributed by atoms with Gasteiger partial charge in [0.05, 0.1) is 0 Å². The summed E-state index contributed by atoms with van der Waals surface area (Å²) in [5, 5.41) is 0. The summed E-state index contributed by atoms with van der Waals surface area (Å²) in [6, 6.07) is 6.66. The molecule has 0 heterocycles. The molecule has 0 aliphatic carbocycles. The van der Waals surface area contributed by atoms with E-state index < -0.39 is 0 Å². The van der Waals surface area contributed by atoms with Crippen LogP contribution in [0.3, 0.4) is 0 Å². The van der Waals surface area contributed by atoms with Crippen molar-refractivity contribution < 1.29 is 0 Å². The van der Waals surface area contributed by atoms with Crippen molar-refractivity contribution in [1.29, 1.82) is 0 Å². The second kappa shape index (κ2) is 4.27. The molecule has 0 radical (unpaired) electrons. The van der Waals surface area contributed by atoms with Crippen molar-refractivity contribution in [3.8, 4) is 0 Å². The molecule has 0 atom stereocenters. The maximum atomic E-state index is 3.81. The van der Waals surface area contributed by atoms with Gasteiger partial charge in [-0.3, -0.25) is 0 Å². The Balaban J connectivity index is 3.12. The van der Waals surface area contributed by atoms with Gasteiger partial charge in [0.25, 0.3) is 0 Å². The molecule has 0 N–H and O–H groups in total. The molecule has 70 valence electrons. The molecule has 0 spiro atoms. The van der Waals surface area contributed by atoms with E-state index in [1.165, 1.54) is 16.7 Å². The zero-order chi connectivity index (χ0) is 9.84. The SMILES string of the molecule is C=Cc1ccc(C(C)C)cc1CC. The van der Waals surface area contributed by atoms with Crippen LogP contribution in [0.1, 0.15) is 43.4 Å². The van der Waals surface area contributed by atoms with E-state index >= 15 is 0 Å². The van der Waals surface area contributed by atoms with Crippen molar-refractivity contribution in [2.24, 2.45) is 0 Å². The van der Waals surface area contributed by atoms with Crippen molar-refractivity contribution in [3.63, 3.8) is 0 Å². The first-order chi connectivity index (χ1) is 6.19. The Labute approximate surface area is 81.3 Å². The Morgan fingerprint density at radius 2 is 2.08 bits per heavy atom. The summed E-state index contributed by atoms with van der Waals surface area (Å²) in [4.78, 5) is 0. The number of hydrogen-bond acceptors (Lipinski definition) is 0. The zero-order valence-electron chi connectivity index (χ0n) is 8.80. The van der Waals surface area contributed by atoms with Gasteiger partial charge in [0.1, 0.15) is 0 Å². The Morgan fingerprint density at radius 1 is 1.38 bits per heavy atom. The van der Waals surface area contributed by atoms with Crippen LogP contribution in [0.25, 0.3) is 6.08 Å².